The van der Waals surface area contributed by atoms with E-state index in [9.17, 15) is 4.79 Å². The molecule has 3 heteroatoms. The molecule has 10 heavy (non-hydrogen) atoms. The molecule has 0 aromatic heterocycles. The molecule has 0 spiro atoms. The van der Waals surface area contributed by atoms with Gasteiger partial charge in [-0.05, 0) is 20.3 Å². The zero-order valence-electron chi connectivity index (χ0n) is 6.28. The second-order valence-electron chi connectivity index (χ2n) is 3.43. The van der Waals surface area contributed by atoms with Crippen LogP contribution in [0.5, 0.6) is 0 Å². The van der Waals surface area contributed by atoms with Crippen molar-refractivity contribution in [2.45, 2.75) is 25.8 Å². The Bertz CT molecular complexity index is 156. The van der Waals surface area contributed by atoms with Gasteiger partial charge in [0.2, 0.25) is 5.91 Å². The van der Waals surface area contributed by atoms with E-state index in [2.05, 4.69) is 41.8 Å². The van der Waals surface area contributed by atoms with Crippen LogP contribution in [0.3, 0.4) is 0 Å². The molecule has 1 rings (SSSR count). The minimum absolute atomic E-state index is 0.0346. The quantitative estimate of drug-likeness (QED) is 0.554. The van der Waals surface area contributed by atoms with Crippen LogP contribution in [0.25, 0.3) is 0 Å². The second kappa shape index (κ2) is 2.68. The van der Waals surface area contributed by atoms with E-state index in [1.807, 2.05) is 0 Å². The molecule has 0 bridgehead atoms. The number of hydrogen-bond acceptors (Lipinski definition) is 1. The molecule has 0 saturated carbocycles. The van der Waals surface area contributed by atoms with E-state index in [1.54, 1.807) is 0 Å². The maximum absolute atomic E-state index is 11.1. The number of alkyl halides is 1. The number of hydrogen-bond donors (Lipinski definition) is 1. The summed E-state index contributed by atoms with van der Waals surface area (Å²) in [7, 11) is 0. The second-order valence-corrected chi connectivity index (χ2v) is 4.31. The lowest BCUT2D eigenvalue weighted by Gasteiger charge is -2.15. The van der Waals surface area contributed by atoms with Crippen LogP contribution < -0.4 is 5.32 Å². The molecule has 0 radical (unpaired) electrons. The van der Waals surface area contributed by atoms with Crippen molar-refractivity contribution in [2.75, 3.05) is 4.43 Å². The van der Waals surface area contributed by atoms with Crippen LogP contribution in [0.2, 0.25) is 0 Å². The fourth-order valence-corrected chi connectivity index (χ4v) is 2.03. The van der Waals surface area contributed by atoms with Gasteiger partial charge in [0.25, 0.3) is 0 Å². The normalized spacial score (nSPS) is 30.3. The van der Waals surface area contributed by atoms with Gasteiger partial charge in [-0.1, -0.05) is 22.6 Å². The predicted molar refractivity (Wildman–Crippen MR) is 49.2 cm³/mol. The number of carbonyl (C=O) groups is 1. The van der Waals surface area contributed by atoms with Crippen molar-refractivity contribution in [1.82, 2.24) is 5.32 Å². The maximum atomic E-state index is 11.1. The van der Waals surface area contributed by atoms with E-state index in [1.165, 1.54) is 0 Å². The number of carbonyl (C=O) groups excluding carboxylic acids is 1. The summed E-state index contributed by atoms with van der Waals surface area (Å²) in [5, 5.41) is 2.95. The van der Waals surface area contributed by atoms with E-state index in [-0.39, 0.29) is 17.4 Å². The Morgan fingerprint density at radius 1 is 1.80 bits per heavy atom. The fourth-order valence-electron chi connectivity index (χ4n) is 1.32. The molecule has 1 aliphatic rings. The van der Waals surface area contributed by atoms with E-state index in [0.717, 1.165) is 10.8 Å². The van der Waals surface area contributed by atoms with Crippen LogP contribution in [-0.2, 0) is 4.79 Å². The van der Waals surface area contributed by atoms with Gasteiger partial charge < -0.3 is 5.32 Å². The smallest absolute Gasteiger partial charge is 0.224 e. The first kappa shape index (κ1) is 8.30. The van der Waals surface area contributed by atoms with Gasteiger partial charge >= 0.3 is 0 Å². The highest BCUT2D eigenvalue weighted by Gasteiger charge is 2.36. The molecular weight excluding hydrogens is 241 g/mol. The molecule has 0 aromatic rings. The topological polar surface area (TPSA) is 29.1 Å². The van der Waals surface area contributed by atoms with Crippen molar-refractivity contribution in [3.05, 3.63) is 0 Å². The van der Waals surface area contributed by atoms with Gasteiger partial charge in [-0.3, -0.25) is 4.79 Å². The number of rotatable bonds is 1. The van der Waals surface area contributed by atoms with Crippen molar-refractivity contribution in [1.29, 1.82) is 0 Å². The van der Waals surface area contributed by atoms with Gasteiger partial charge in [0.15, 0.2) is 0 Å². The standard InChI is InChI=1S/C7H12INO/c1-7(2)3-5(4-8)6(10)9-7/h5H,3-4H2,1-2H3,(H,9,10). The summed E-state index contributed by atoms with van der Waals surface area (Å²) < 4.78 is 0.938. The van der Waals surface area contributed by atoms with E-state index in [4.69, 9.17) is 0 Å². The first-order valence-corrected chi connectivity index (χ1v) is 4.96. The fraction of sp³-hybridized carbons (Fsp3) is 0.857. The third-order valence-electron chi connectivity index (χ3n) is 1.78. The van der Waals surface area contributed by atoms with Crippen molar-refractivity contribution < 1.29 is 4.79 Å². The van der Waals surface area contributed by atoms with Crippen LogP contribution in [-0.4, -0.2) is 15.9 Å². The van der Waals surface area contributed by atoms with Crippen LogP contribution in [0.15, 0.2) is 0 Å². The van der Waals surface area contributed by atoms with Crippen molar-refractivity contribution in [3.8, 4) is 0 Å². The molecule has 1 saturated heterocycles. The molecule has 1 unspecified atom stereocenters. The molecule has 58 valence electrons. The Kier molecular flexibility index (Phi) is 2.22. The van der Waals surface area contributed by atoms with Gasteiger partial charge in [0, 0.05) is 15.9 Å². The summed E-state index contributed by atoms with van der Waals surface area (Å²) in [5.41, 5.74) is 0.0346. The summed E-state index contributed by atoms with van der Waals surface area (Å²) in [6.07, 6.45) is 0.981. The first-order chi connectivity index (χ1) is 4.55. The molecule has 0 aliphatic carbocycles. The molecule has 1 atom stereocenters. The van der Waals surface area contributed by atoms with Gasteiger partial charge in [0.05, 0.1) is 0 Å². The van der Waals surface area contributed by atoms with Crippen LogP contribution in [0.4, 0.5) is 0 Å². The largest absolute Gasteiger partial charge is 0.351 e. The van der Waals surface area contributed by atoms with Crippen LogP contribution in [0, 0.1) is 5.92 Å². The number of nitrogens with one attached hydrogen (secondary N) is 1. The third-order valence-corrected chi connectivity index (χ3v) is 2.84. The summed E-state index contributed by atoms with van der Waals surface area (Å²) in [6, 6.07) is 0. The summed E-state index contributed by atoms with van der Waals surface area (Å²) in [4.78, 5) is 11.1. The highest BCUT2D eigenvalue weighted by molar-refractivity contribution is 14.1. The van der Waals surface area contributed by atoms with Crippen molar-refractivity contribution >= 4 is 28.5 Å². The van der Waals surface area contributed by atoms with Crippen molar-refractivity contribution in [3.63, 3.8) is 0 Å². The molecule has 1 amide bonds. The minimum atomic E-state index is 0.0346. The van der Waals surface area contributed by atoms with Crippen molar-refractivity contribution in [2.24, 2.45) is 5.92 Å². The van der Waals surface area contributed by atoms with Gasteiger partial charge in [-0.25, -0.2) is 0 Å². The Morgan fingerprint density at radius 2 is 2.40 bits per heavy atom. The first-order valence-electron chi connectivity index (χ1n) is 3.43. The van der Waals surface area contributed by atoms with Crippen LogP contribution in [0.1, 0.15) is 20.3 Å². The maximum Gasteiger partial charge on any atom is 0.224 e. The average molecular weight is 253 g/mol. The average Bonchev–Trinajstić information content (AvgIpc) is 2.05. The van der Waals surface area contributed by atoms with E-state index >= 15 is 0 Å². The lowest BCUT2D eigenvalue weighted by molar-refractivity contribution is -0.122. The number of halogens is 1. The zero-order chi connectivity index (χ0) is 7.78. The third kappa shape index (κ3) is 1.62. The summed E-state index contributed by atoms with van der Waals surface area (Å²) in [6.45, 7) is 4.13. The predicted octanol–water partition coefficient (Wildman–Crippen LogP) is 1.34. The highest BCUT2D eigenvalue weighted by Crippen LogP contribution is 2.25. The molecular formula is C7H12INO. The molecule has 1 fully saturated rings. The number of amides is 1. The Balaban J connectivity index is 2.61. The molecule has 2 nitrogen and oxygen atoms in total. The van der Waals surface area contributed by atoms with Gasteiger partial charge in [-0.2, -0.15) is 0 Å². The van der Waals surface area contributed by atoms with E-state index < -0.39 is 0 Å². The molecule has 1 aliphatic heterocycles. The summed E-state index contributed by atoms with van der Waals surface area (Å²) in [5.74, 6) is 0.468. The Labute approximate surface area is 74.9 Å². The molecule has 1 heterocycles. The highest BCUT2D eigenvalue weighted by atomic mass is 127. The molecule has 0 aromatic carbocycles. The minimum Gasteiger partial charge on any atom is -0.351 e. The Hall–Kier alpha value is 0.200. The summed E-state index contributed by atoms with van der Waals surface area (Å²) >= 11 is 2.26. The Morgan fingerprint density at radius 3 is 2.60 bits per heavy atom. The zero-order valence-corrected chi connectivity index (χ0v) is 8.44. The SMILES string of the molecule is CC1(C)CC(CI)C(=O)N1. The van der Waals surface area contributed by atoms with Gasteiger partial charge in [0.1, 0.15) is 0 Å². The lowest BCUT2D eigenvalue weighted by atomic mass is 9.98. The van der Waals surface area contributed by atoms with E-state index in [0.29, 0.717) is 0 Å². The molecule has 1 N–H and O–H groups in total. The monoisotopic (exact) mass is 253 g/mol. The van der Waals surface area contributed by atoms with Gasteiger partial charge in [-0.15, -0.1) is 0 Å². The van der Waals surface area contributed by atoms with Crippen LogP contribution >= 0.6 is 22.6 Å². The lowest BCUT2D eigenvalue weighted by Crippen LogP contribution is -2.34.